The second-order valence-electron chi connectivity index (χ2n) is 7.54. The fourth-order valence-electron chi connectivity index (χ4n) is 3.83. The molecule has 4 rings (SSSR count). The van der Waals surface area contributed by atoms with Gasteiger partial charge in [0.15, 0.2) is 5.78 Å². The molecule has 152 valence electrons. The maximum Gasteiger partial charge on any atom is 0.235 e. The van der Waals surface area contributed by atoms with Gasteiger partial charge in [0.05, 0.1) is 10.8 Å². The molecular weight excluding hydrogens is 393 g/mol. The molecule has 2 heterocycles. The first-order valence-corrected chi connectivity index (χ1v) is 11.2. The number of sulfonamides is 1. The molecule has 1 aliphatic rings. The third-order valence-corrected chi connectivity index (χ3v) is 7.24. The lowest BCUT2D eigenvalue weighted by atomic mass is 10.0. The number of H-pyrrole nitrogens is 1. The van der Waals surface area contributed by atoms with Gasteiger partial charge < -0.3 is 4.98 Å². The number of aromatic nitrogens is 2. The van der Waals surface area contributed by atoms with E-state index in [1.165, 1.54) is 18.3 Å². The zero-order valence-electron chi connectivity index (χ0n) is 16.0. The number of hydrogen-bond acceptors (Lipinski definition) is 4. The Bertz CT molecular complexity index is 1180. The maximum atomic E-state index is 14.5. The van der Waals surface area contributed by atoms with Crippen LogP contribution < -0.4 is 4.72 Å². The van der Waals surface area contributed by atoms with Gasteiger partial charge in [0.1, 0.15) is 11.5 Å². The van der Waals surface area contributed by atoms with Crippen LogP contribution in [0.1, 0.15) is 53.6 Å². The van der Waals surface area contributed by atoms with Gasteiger partial charge in [-0.15, -0.1) is 0 Å². The zero-order chi connectivity index (χ0) is 20.6. The van der Waals surface area contributed by atoms with Gasteiger partial charge in [-0.3, -0.25) is 9.52 Å². The van der Waals surface area contributed by atoms with Crippen LogP contribution in [0.15, 0.2) is 36.7 Å². The summed E-state index contributed by atoms with van der Waals surface area (Å²) in [5, 5.41) is 0.144. The number of nitrogens with one attached hydrogen (secondary N) is 2. The van der Waals surface area contributed by atoms with Crippen molar-refractivity contribution in [3.63, 3.8) is 0 Å². The molecule has 3 aromatic rings. The molecule has 1 aromatic carbocycles. The van der Waals surface area contributed by atoms with E-state index in [-0.39, 0.29) is 11.3 Å². The summed E-state index contributed by atoms with van der Waals surface area (Å²) in [7, 11) is -3.59. The van der Waals surface area contributed by atoms with E-state index in [2.05, 4.69) is 14.7 Å². The van der Waals surface area contributed by atoms with Crippen molar-refractivity contribution in [1.29, 1.82) is 0 Å². The van der Waals surface area contributed by atoms with Crippen molar-refractivity contribution in [2.24, 2.45) is 0 Å². The van der Waals surface area contributed by atoms with Crippen molar-refractivity contribution in [3.05, 3.63) is 59.2 Å². The summed E-state index contributed by atoms with van der Waals surface area (Å²) >= 11 is 0. The van der Waals surface area contributed by atoms with Gasteiger partial charge in [-0.05, 0) is 49.6 Å². The molecule has 0 atom stereocenters. The average Bonchev–Trinajstić information content (AvgIpc) is 3.12. The van der Waals surface area contributed by atoms with E-state index in [9.17, 15) is 17.6 Å². The molecule has 0 bridgehead atoms. The van der Waals surface area contributed by atoms with Crippen LogP contribution in [0.5, 0.6) is 0 Å². The van der Waals surface area contributed by atoms with Crippen molar-refractivity contribution < 1.29 is 17.6 Å². The summed E-state index contributed by atoms with van der Waals surface area (Å²) in [5.74, 6) is -1.23. The lowest BCUT2D eigenvalue weighted by molar-refractivity contribution is 0.103. The van der Waals surface area contributed by atoms with Crippen LogP contribution in [0, 0.1) is 12.7 Å². The van der Waals surface area contributed by atoms with E-state index in [0.717, 1.165) is 30.9 Å². The Balaban J connectivity index is 1.66. The Morgan fingerprint density at radius 3 is 2.69 bits per heavy atom. The van der Waals surface area contributed by atoms with Crippen LogP contribution in [-0.4, -0.2) is 29.4 Å². The summed E-state index contributed by atoms with van der Waals surface area (Å²) < 4.78 is 42.3. The Morgan fingerprint density at radius 2 is 1.93 bits per heavy atom. The largest absolute Gasteiger partial charge is 0.345 e. The summed E-state index contributed by atoms with van der Waals surface area (Å²) in [6.07, 6.45) is 7.21. The standard InChI is InChI=1S/C21H22FN3O3S/c1-13-9-16-18(12-24-21(16)23-11-13)20(26)17-10-14(7-8-19(17)22)25-29(27,28)15-5-3-2-4-6-15/h7-12,15,25H,2-6H2,1H3,(H,23,24). The Morgan fingerprint density at radius 1 is 1.17 bits per heavy atom. The number of hydrogen-bond donors (Lipinski definition) is 2. The SMILES string of the molecule is Cc1cnc2[nH]cc(C(=O)c3cc(NS(=O)(=O)C4CCCCC4)ccc3F)c2c1. The van der Waals surface area contributed by atoms with Gasteiger partial charge in [-0.1, -0.05) is 19.3 Å². The minimum absolute atomic E-state index is 0.184. The number of anilines is 1. The third-order valence-electron chi connectivity index (χ3n) is 5.37. The summed E-state index contributed by atoms with van der Waals surface area (Å²) in [4.78, 5) is 20.1. The van der Waals surface area contributed by atoms with Crippen LogP contribution in [0.4, 0.5) is 10.1 Å². The highest BCUT2D eigenvalue weighted by atomic mass is 32.2. The maximum absolute atomic E-state index is 14.5. The van der Waals surface area contributed by atoms with E-state index in [0.29, 0.717) is 29.4 Å². The highest BCUT2D eigenvalue weighted by Crippen LogP contribution is 2.27. The number of halogens is 1. The minimum atomic E-state index is -3.59. The molecule has 0 aliphatic heterocycles. The highest BCUT2D eigenvalue weighted by molar-refractivity contribution is 7.93. The monoisotopic (exact) mass is 415 g/mol. The lowest BCUT2D eigenvalue weighted by Gasteiger charge is -2.22. The summed E-state index contributed by atoms with van der Waals surface area (Å²) in [5.41, 5.74) is 1.71. The average molecular weight is 415 g/mol. The van der Waals surface area contributed by atoms with E-state index < -0.39 is 26.9 Å². The number of rotatable bonds is 5. The van der Waals surface area contributed by atoms with E-state index in [1.807, 2.05) is 6.92 Å². The van der Waals surface area contributed by atoms with Crippen LogP contribution in [0.25, 0.3) is 11.0 Å². The van der Waals surface area contributed by atoms with Gasteiger partial charge in [0.25, 0.3) is 0 Å². The molecular formula is C21H22FN3O3S. The first kappa shape index (κ1) is 19.6. The molecule has 0 radical (unpaired) electrons. The number of fused-ring (bicyclic) bond motifs is 1. The minimum Gasteiger partial charge on any atom is -0.345 e. The van der Waals surface area contributed by atoms with Gasteiger partial charge in [-0.25, -0.2) is 17.8 Å². The summed E-state index contributed by atoms with van der Waals surface area (Å²) in [6.45, 7) is 1.86. The molecule has 29 heavy (non-hydrogen) atoms. The molecule has 8 heteroatoms. The predicted octanol–water partition coefficient (Wildman–Crippen LogP) is 4.32. The van der Waals surface area contributed by atoms with Gasteiger partial charge in [0.2, 0.25) is 10.0 Å². The number of benzene rings is 1. The van der Waals surface area contributed by atoms with E-state index in [1.54, 1.807) is 12.3 Å². The Hall–Kier alpha value is -2.74. The van der Waals surface area contributed by atoms with E-state index >= 15 is 0 Å². The molecule has 0 amide bonds. The molecule has 6 nitrogen and oxygen atoms in total. The normalized spacial score (nSPS) is 15.5. The first-order chi connectivity index (χ1) is 13.8. The molecule has 1 aliphatic carbocycles. The second-order valence-corrected chi connectivity index (χ2v) is 9.50. The molecule has 0 spiro atoms. The number of aryl methyl sites for hydroxylation is 1. The van der Waals surface area contributed by atoms with Crippen molar-refractivity contribution >= 4 is 32.5 Å². The number of pyridine rings is 1. The topological polar surface area (TPSA) is 91.9 Å². The first-order valence-electron chi connectivity index (χ1n) is 9.65. The Labute approximate surface area is 168 Å². The third kappa shape index (κ3) is 3.89. The Kier molecular flexibility index (Phi) is 5.12. The molecule has 0 unspecified atom stereocenters. The van der Waals surface area contributed by atoms with Crippen molar-refractivity contribution in [3.8, 4) is 0 Å². The fourth-order valence-corrected chi connectivity index (χ4v) is 5.40. The molecule has 1 fully saturated rings. The van der Waals surface area contributed by atoms with Gasteiger partial charge >= 0.3 is 0 Å². The van der Waals surface area contributed by atoms with Crippen LogP contribution in [-0.2, 0) is 10.0 Å². The molecule has 0 saturated heterocycles. The van der Waals surface area contributed by atoms with Crippen LogP contribution >= 0.6 is 0 Å². The number of nitrogens with zero attached hydrogens (tertiary/aromatic N) is 1. The van der Waals surface area contributed by atoms with Gasteiger partial charge in [-0.2, -0.15) is 0 Å². The molecule has 2 aromatic heterocycles. The van der Waals surface area contributed by atoms with Crippen LogP contribution in [0.2, 0.25) is 0 Å². The predicted molar refractivity (Wildman–Crippen MR) is 110 cm³/mol. The number of carbonyl (C=O) groups excluding carboxylic acids is 1. The van der Waals surface area contributed by atoms with Gasteiger partial charge in [0, 0.05) is 29.0 Å². The molecule has 1 saturated carbocycles. The van der Waals surface area contributed by atoms with Crippen LogP contribution in [0.3, 0.4) is 0 Å². The smallest absolute Gasteiger partial charge is 0.235 e. The number of aromatic amines is 1. The zero-order valence-corrected chi connectivity index (χ0v) is 16.9. The van der Waals surface area contributed by atoms with Crippen molar-refractivity contribution in [1.82, 2.24) is 9.97 Å². The highest BCUT2D eigenvalue weighted by Gasteiger charge is 2.28. The quantitative estimate of drug-likeness (QED) is 0.607. The van der Waals surface area contributed by atoms with E-state index in [4.69, 9.17) is 0 Å². The number of carbonyl (C=O) groups is 1. The molecule has 2 N–H and O–H groups in total. The van der Waals surface area contributed by atoms with Crippen molar-refractivity contribution in [2.75, 3.05) is 4.72 Å². The number of ketones is 1. The second kappa shape index (κ2) is 7.59. The van der Waals surface area contributed by atoms with Crippen molar-refractivity contribution in [2.45, 2.75) is 44.3 Å². The summed E-state index contributed by atoms with van der Waals surface area (Å²) in [6, 6.07) is 5.53. The lowest BCUT2D eigenvalue weighted by Crippen LogP contribution is -2.29. The fraction of sp³-hybridized carbons (Fsp3) is 0.333.